The van der Waals surface area contributed by atoms with Crippen LogP contribution in [0.15, 0.2) is 54.6 Å². The van der Waals surface area contributed by atoms with Gasteiger partial charge < -0.3 is 0 Å². The van der Waals surface area contributed by atoms with Gasteiger partial charge in [-0.3, -0.25) is 4.79 Å². The van der Waals surface area contributed by atoms with E-state index in [2.05, 4.69) is 0 Å². The first-order valence-corrected chi connectivity index (χ1v) is 5.70. The van der Waals surface area contributed by atoms with E-state index in [1.807, 2.05) is 31.2 Å². The highest BCUT2D eigenvalue weighted by atomic mass is 19.1. The van der Waals surface area contributed by atoms with Crippen LogP contribution in [0.5, 0.6) is 0 Å². The molecule has 2 rings (SSSR count). The summed E-state index contributed by atoms with van der Waals surface area (Å²) in [6.07, 6.45) is 3.26. The molecule has 90 valence electrons. The number of carbonyl (C=O) groups excluding carboxylic acids is 1. The normalized spacial score (nSPS) is 10.8. The summed E-state index contributed by atoms with van der Waals surface area (Å²) in [5, 5.41) is 0. The van der Waals surface area contributed by atoms with Gasteiger partial charge in [0, 0.05) is 5.56 Å². The van der Waals surface area contributed by atoms with Gasteiger partial charge in [0.25, 0.3) is 0 Å². The highest BCUT2D eigenvalue weighted by Crippen LogP contribution is 2.08. The Kier molecular flexibility index (Phi) is 3.68. The molecule has 0 saturated heterocycles. The van der Waals surface area contributed by atoms with Gasteiger partial charge in [-0.15, -0.1) is 0 Å². The summed E-state index contributed by atoms with van der Waals surface area (Å²) in [6.45, 7) is 2.00. The Morgan fingerprint density at radius 2 is 1.83 bits per heavy atom. The Balaban J connectivity index is 2.14. The van der Waals surface area contributed by atoms with Crippen molar-refractivity contribution in [2.45, 2.75) is 6.92 Å². The first kappa shape index (κ1) is 12.2. The molecule has 2 aromatic carbocycles. The number of benzene rings is 2. The number of rotatable bonds is 3. The minimum absolute atomic E-state index is 0.128. The zero-order chi connectivity index (χ0) is 13.0. The van der Waals surface area contributed by atoms with Crippen molar-refractivity contribution >= 4 is 11.9 Å². The summed E-state index contributed by atoms with van der Waals surface area (Å²) in [5.74, 6) is -0.467. The Morgan fingerprint density at radius 3 is 2.50 bits per heavy atom. The Bertz CT molecular complexity index is 582. The molecule has 0 saturated carbocycles. The largest absolute Gasteiger partial charge is 0.289 e. The van der Waals surface area contributed by atoms with Gasteiger partial charge in [-0.1, -0.05) is 35.9 Å². The zero-order valence-corrected chi connectivity index (χ0v) is 10.1. The van der Waals surface area contributed by atoms with Crippen LogP contribution in [0.1, 0.15) is 21.5 Å². The number of ketones is 1. The maximum absolute atomic E-state index is 12.7. The third-order valence-electron chi connectivity index (χ3n) is 2.60. The van der Waals surface area contributed by atoms with Gasteiger partial charge in [-0.2, -0.15) is 0 Å². The number of aryl methyl sites for hydroxylation is 1. The number of hydrogen-bond acceptors (Lipinski definition) is 1. The third-order valence-corrected chi connectivity index (χ3v) is 2.60. The van der Waals surface area contributed by atoms with Crippen LogP contribution in [0.2, 0.25) is 0 Å². The molecule has 0 atom stereocenters. The smallest absolute Gasteiger partial charge is 0.185 e. The second-order valence-electron chi connectivity index (χ2n) is 4.12. The average molecular weight is 240 g/mol. The second kappa shape index (κ2) is 5.41. The van der Waals surface area contributed by atoms with Crippen molar-refractivity contribution in [2.75, 3.05) is 0 Å². The molecule has 1 nitrogen and oxygen atoms in total. The molecule has 18 heavy (non-hydrogen) atoms. The topological polar surface area (TPSA) is 17.1 Å². The molecular formula is C16H13FO. The lowest BCUT2D eigenvalue weighted by Gasteiger charge is -1.97. The molecule has 2 aromatic rings. The van der Waals surface area contributed by atoms with Crippen LogP contribution in [0.25, 0.3) is 6.08 Å². The molecule has 0 bridgehead atoms. The molecule has 0 spiro atoms. The molecule has 0 aliphatic heterocycles. The minimum Gasteiger partial charge on any atom is -0.289 e. The lowest BCUT2D eigenvalue weighted by molar-refractivity contribution is 0.104. The fraction of sp³-hybridized carbons (Fsp3) is 0.0625. The van der Waals surface area contributed by atoms with Crippen molar-refractivity contribution in [3.8, 4) is 0 Å². The number of halogens is 1. The minimum atomic E-state index is -0.339. The zero-order valence-electron chi connectivity index (χ0n) is 10.1. The van der Waals surface area contributed by atoms with Gasteiger partial charge in [0.05, 0.1) is 0 Å². The Hall–Kier alpha value is -2.22. The monoisotopic (exact) mass is 240 g/mol. The Morgan fingerprint density at radius 1 is 1.11 bits per heavy atom. The maximum atomic E-state index is 12.7. The molecule has 0 unspecified atom stereocenters. The van der Waals surface area contributed by atoms with E-state index in [9.17, 15) is 9.18 Å². The molecule has 2 heteroatoms. The SMILES string of the molecule is Cc1cccc(/C=C/C(=O)c2ccc(F)cc2)c1. The van der Waals surface area contributed by atoms with Gasteiger partial charge in [0.15, 0.2) is 5.78 Å². The van der Waals surface area contributed by atoms with Gasteiger partial charge in [0.2, 0.25) is 0 Å². The number of carbonyl (C=O) groups is 1. The van der Waals surface area contributed by atoms with E-state index in [4.69, 9.17) is 0 Å². The van der Waals surface area contributed by atoms with E-state index in [0.717, 1.165) is 11.1 Å². The van der Waals surface area contributed by atoms with Crippen LogP contribution in [-0.2, 0) is 0 Å². The summed E-state index contributed by atoms with van der Waals surface area (Å²) < 4.78 is 12.7. The van der Waals surface area contributed by atoms with Crippen LogP contribution < -0.4 is 0 Å². The van der Waals surface area contributed by atoms with Crippen molar-refractivity contribution < 1.29 is 9.18 Å². The molecule has 0 heterocycles. The fourth-order valence-corrected chi connectivity index (χ4v) is 1.66. The summed E-state index contributed by atoms with van der Waals surface area (Å²) >= 11 is 0. The predicted molar refractivity (Wildman–Crippen MR) is 70.9 cm³/mol. The van der Waals surface area contributed by atoms with Crippen LogP contribution in [0.4, 0.5) is 4.39 Å². The summed E-state index contributed by atoms with van der Waals surface area (Å²) in [5.41, 5.74) is 2.61. The van der Waals surface area contributed by atoms with Crippen molar-refractivity contribution in [2.24, 2.45) is 0 Å². The van der Waals surface area contributed by atoms with E-state index in [1.165, 1.54) is 30.3 Å². The quantitative estimate of drug-likeness (QED) is 0.584. The lowest BCUT2D eigenvalue weighted by atomic mass is 10.1. The average Bonchev–Trinajstić information content (AvgIpc) is 2.37. The summed E-state index contributed by atoms with van der Waals surface area (Å²) in [7, 11) is 0. The van der Waals surface area contributed by atoms with Crippen LogP contribution in [-0.4, -0.2) is 5.78 Å². The Labute approximate surface area is 106 Å². The number of hydrogen-bond donors (Lipinski definition) is 0. The molecule has 0 radical (unpaired) electrons. The molecule has 0 N–H and O–H groups in total. The molecule has 0 aliphatic carbocycles. The van der Waals surface area contributed by atoms with Gasteiger partial charge >= 0.3 is 0 Å². The molecule has 0 aromatic heterocycles. The third kappa shape index (κ3) is 3.14. The van der Waals surface area contributed by atoms with Crippen molar-refractivity contribution in [1.82, 2.24) is 0 Å². The van der Waals surface area contributed by atoms with Crippen LogP contribution >= 0.6 is 0 Å². The van der Waals surface area contributed by atoms with E-state index in [1.54, 1.807) is 6.08 Å². The maximum Gasteiger partial charge on any atom is 0.185 e. The molecule has 0 fully saturated rings. The predicted octanol–water partition coefficient (Wildman–Crippen LogP) is 4.03. The van der Waals surface area contributed by atoms with Crippen molar-refractivity contribution in [3.63, 3.8) is 0 Å². The van der Waals surface area contributed by atoms with Crippen molar-refractivity contribution in [1.29, 1.82) is 0 Å². The molecular weight excluding hydrogens is 227 g/mol. The van der Waals surface area contributed by atoms with Gasteiger partial charge in [-0.05, 0) is 42.8 Å². The second-order valence-corrected chi connectivity index (χ2v) is 4.12. The fourth-order valence-electron chi connectivity index (χ4n) is 1.66. The first-order valence-electron chi connectivity index (χ1n) is 5.70. The van der Waals surface area contributed by atoms with E-state index < -0.39 is 0 Å². The molecule has 0 aliphatic rings. The van der Waals surface area contributed by atoms with Gasteiger partial charge in [0.1, 0.15) is 5.82 Å². The number of allylic oxidation sites excluding steroid dienone is 1. The first-order chi connectivity index (χ1) is 8.65. The standard InChI is InChI=1S/C16H13FO/c1-12-3-2-4-13(11-12)5-10-16(18)14-6-8-15(17)9-7-14/h2-11H,1H3/b10-5+. The van der Waals surface area contributed by atoms with E-state index in [-0.39, 0.29) is 11.6 Å². The highest BCUT2D eigenvalue weighted by molar-refractivity contribution is 6.06. The van der Waals surface area contributed by atoms with E-state index >= 15 is 0 Å². The van der Waals surface area contributed by atoms with Crippen LogP contribution in [0.3, 0.4) is 0 Å². The summed E-state index contributed by atoms with van der Waals surface area (Å²) in [6, 6.07) is 13.4. The van der Waals surface area contributed by atoms with Crippen LogP contribution in [0, 0.1) is 12.7 Å². The summed E-state index contributed by atoms with van der Waals surface area (Å²) in [4.78, 5) is 11.8. The highest BCUT2D eigenvalue weighted by Gasteiger charge is 2.01. The van der Waals surface area contributed by atoms with Crippen molar-refractivity contribution in [3.05, 3.63) is 77.1 Å². The molecule has 0 amide bonds. The lowest BCUT2D eigenvalue weighted by Crippen LogP contribution is -1.93. The van der Waals surface area contributed by atoms with Gasteiger partial charge in [-0.25, -0.2) is 4.39 Å². The van der Waals surface area contributed by atoms with E-state index in [0.29, 0.717) is 5.56 Å².